The molecule has 8 aromatic rings. The lowest BCUT2D eigenvalue weighted by Gasteiger charge is -2.16. The number of hydrogen-bond donors (Lipinski definition) is 0. The standard InChI is InChI=1S/C45H27N5/c46-26-29-13-20-43-39(22-29)37-8-1-3-10-41(37)49(43)35-17-15-32(16-18-35)33-6-5-7-34(25-33)36-19-12-31(28-48)24-45(36)50-42-11-4-2-9-38(42)40-23-30(27-47)14-21-44(40)50/h2-7,9-25H,1,8H2. The van der Waals surface area contributed by atoms with Crippen molar-refractivity contribution >= 4 is 38.8 Å². The van der Waals surface area contributed by atoms with Crippen LogP contribution in [0.1, 0.15) is 34.4 Å². The van der Waals surface area contributed by atoms with E-state index in [4.69, 9.17) is 0 Å². The molecule has 5 heteroatoms. The van der Waals surface area contributed by atoms with Gasteiger partial charge in [-0.3, -0.25) is 0 Å². The summed E-state index contributed by atoms with van der Waals surface area (Å²) in [4.78, 5) is 0. The third kappa shape index (κ3) is 4.52. The maximum absolute atomic E-state index is 9.93. The minimum absolute atomic E-state index is 0.577. The van der Waals surface area contributed by atoms with Gasteiger partial charge in [0.1, 0.15) is 0 Å². The number of nitriles is 3. The molecule has 0 bridgehead atoms. The smallest absolute Gasteiger partial charge is 0.0992 e. The van der Waals surface area contributed by atoms with Gasteiger partial charge in [0, 0.05) is 33.1 Å². The van der Waals surface area contributed by atoms with Crippen molar-refractivity contribution < 1.29 is 0 Å². The minimum Gasteiger partial charge on any atom is -0.310 e. The molecule has 0 fully saturated rings. The second kappa shape index (κ2) is 11.5. The molecule has 0 saturated heterocycles. The number of rotatable bonds is 4. The first-order valence-electron chi connectivity index (χ1n) is 16.6. The Morgan fingerprint density at radius 2 is 1.16 bits per heavy atom. The second-order valence-corrected chi connectivity index (χ2v) is 12.7. The molecule has 0 amide bonds. The van der Waals surface area contributed by atoms with E-state index in [1.807, 2.05) is 60.7 Å². The highest BCUT2D eigenvalue weighted by Gasteiger charge is 2.20. The van der Waals surface area contributed by atoms with Gasteiger partial charge in [-0.15, -0.1) is 0 Å². The fourth-order valence-corrected chi connectivity index (χ4v) is 7.59. The third-order valence-corrected chi connectivity index (χ3v) is 9.88. The number of aryl methyl sites for hydroxylation is 1. The molecule has 9 rings (SSSR count). The molecule has 0 saturated carbocycles. The zero-order chi connectivity index (χ0) is 33.8. The molecule has 50 heavy (non-hydrogen) atoms. The van der Waals surface area contributed by atoms with Gasteiger partial charge in [-0.05, 0) is 114 Å². The van der Waals surface area contributed by atoms with E-state index >= 15 is 0 Å². The maximum Gasteiger partial charge on any atom is 0.0992 e. The van der Waals surface area contributed by atoms with Crippen LogP contribution in [0.5, 0.6) is 0 Å². The minimum atomic E-state index is 0.577. The summed E-state index contributed by atoms with van der Waals surface area (Å²) in [6.07, 6.45) is 6.39. The van der Waals surface area contributed by atoms with Gasteiger partial charge in [-0.2, -0.15) is 15.8 Å². The van der Waals surface area contributed by atoms with Gasteiger partial charge in [0.15, 0.2) is 0 Å². The predicted octanol–water partition coefficient (Wildman–Crippen LogP) is 10.6. The number of benzene rings is 6. The monoisotopic (exact) mass is 637 g/mol. The van der Waals surface area contributed by atoms with Crippen LogP contribution in [0, 0.1) is 34.0 Å². The zero-order valence-corrected chi connectivity index (χ0v) is 26.9. The first-order valence-corrected chi connectivity index (χ1v) is 16.6. The topological polar surface area (TPSA) is 81.2 Å². The van der Waals surface area contributed by atoms with Gasteiger partial charge >= 0.3 is 0 Å². The summed E-state index contributed by atoms with van der Waals surface area (Å²) in [5.41, 5.74) is 13.6. The summed E-state index contributed by atoms with van der Waals surface area (Å²) < 4.78 is 4.51. The van der Waals surface area contributed by atoms with E-state index in [1.165, 1.54) is 11.3 Å². The van der Waals surface area contributed by atoms with Gasteiger partial charge < -0.3 is 9.13 Å². The van der Waals surface area contributed by atoms with Crippen molar-refractivity contribution in [3.05, 3.63) is 161 Å². The van der Waals surface area contributed by atoms with Crippen molar-refractivity contribution in [2.75, 3.05) is 0 Å². The van der Waals surface area contributed by atoms with Crippen LogP contribution >= 0.6 is 0 Å². The molecule has 0 spiro atoms. The molecule has 0 N–H and O–H groups in total. The van der Waals surface area contributed by atoms with E-state index < -0.39 is 0 Å². The fraction of sp³-hybridized carbons (Fsp3) is 0.0444. The molecule has 1 aliphatic rings. The van der Waals surface area contributed by atoms with E-state index in [-0.39, 0.29) is 0 Å². The van der Waals surface area contributed by atoms with Crippen LogP contribution in [-0.2, 0) is 6.42 Å². The van der Waals surface area contributed by atoms with Crippen molar-refractivity contribution in [1.82, 2.24) is 9.13 Å². The molecule has 0 unspecified atom stereocenters. The highest BCUT2D eigenvalue weighted by molar-refractivity contribution is 6.10. The van der Waals surface area contributed by atoms with Gasteiger partial charge in [0.25, 0.3) is 0 Å². The van der Waals surface area contributed by atoms with E-state index in [0.29, 0.717) is 16.7 Å². The number of allylic oxidation sites excluding steroid dienone is 1. The second-order valence-electron chi connectivity index (χ2n) is 12.7. The lowest BCUT2D eigenvalue weighted by Crippen LogP contribution is -2.00. The number of aromatic nitrogens is 2. The number of para-hydroxylation sites is 1. The van der Waals surface area contributed by atoms with Crippen LogP contribution in [-0.4, -0.2) is 9.13 Å². The Hall–Kier alpha value is -7.13. The van der Waals surface area contributed by atoms with E-state index in [1.54, 1.807) is 0 Å². The Morgan fingerprint density at radius 3 is 1.94 bits per heavy atom. The number of fused-ring (bicyclic) bond motifs is 6. The summed E-state index contributed by atoms with van der Waals surface area (Å²) in [6.45, 7) is 0. The Labute approximate surface area is 289 Å². The van der Waals surface area contributed by atoms with Crippen molar-refractivity contribution in [2.24, 2.45) is 0 Å². The highest BCUT2D eigenvalue weighted by Crippen LogP contribution is 2.39. The van der Waals surface area contributed by atoms with Crippen molar-refractivity contribution in [3.8, 4) is 51.8 Å². The molecule has 232 valence electrons. The third-order valence-electron chi connectivity index (χ3n) is 9.88. The molecule has 2 heterocycles. The average molecular weight is 638 g/mol. The lowest BCUT2D eigenvalue weighted by molar-refractivity contribution is 0.967. The van der Waals surface area contributed by atoms with Gasteiger partial charge in [-0.25, -0.2) is 0 Å². The van der Waals surface area contributed by atoms with Crippen LogP contribution in [0.25, 0.3) is 72.4 Å². The van der Waals surface area contributed by atoms with Crippen LogP contribution < -0.4 is 0 Å². The van der Waals surface area contributed by atoms with Crippen LogP contribution in [0.15, 0.2) is 133 Å². The molecular weight excluding hydrogens is 611 g/mol. The van der Waals surface area contributed by atoms with E-state index in [9.17, 15) is 15.8 Å². The first kappa shape index (κ1) is 29.0. The molecule has 0 aliphatic heterocycles. The van der Waals surface area contributed by atoms with Crippen LogP contribution in [0.2, 0.25) is 0 Å². The summed E-state index contributed by atoms with van der Waals surface area (Å²) in [5, 5.41) is 32.3. The quantitative estimate of drug-likeness (QED) is 0.193. The summed E-state index contributed by atoms with van der Waals surface area (Å²) in [6, 6.07) is 50.0. The summed E-state index contributed by atoms with van der Waals surface area (Å²) in [7, 11) is 0. The van der Waals surface area contributed by atoms with Crippen molar-refractivity contribution in [3.63, 3.8) is 0 Å². The molecular formula is C45H27N5. The zero-order valence-electron chi connectivity index (χ0n) is 26.9. The number of nitrogens with zero attached hydrogens (tertiary/aromatic N) is 5. The van der Waals surface area contributed by atoms with E-state index in [0.717, 1.165) is 79.2 Å². The van der Waals surface area contributed by atoms with Gasteiger partial charge in [0.05, 0.1) is 57.1 Å². The predicted molar refractivity (Wildman–Crippen MR) is 200 cm³/mol. The van der Waals surface area contributed by atoms with Crippen molar-refractivity contribution in [2.45, 2.75) is 12.8 Å². The Kier molecular flexibility index (Phi) is 6.70. The molecule has 0 atom stereocenters. The molecule has 2 aromatic heterocycles. The highest BCUT2D eigenvalue weighted by atomic mass is 15.0. The van der Waals surface area contributed by atoms with Crippen molar-refractivity contribution in [1.29, 1.82) is 15.8 Å². The number of hydrogen-bond acceptors (Lipinski definition) is 3. The summed E-state index contributed by atoms with van der Waals surface area (Å²) >= 11 is 0. The lowest BCUT2D eigenvalue weighted by atomic mass is 9.96. The van der Waals surface area contributed by atoms with E-state index in [2.05, 4.69) is 106 Å². The molecule has 1 aliphatic carbocycles. The molecule has 5 nitrogen and oxygen atoms in total. The fourth-order valence-electron chi connectivity index (χ4n) is 7.59. The Balaban J connectivity index is 1.16. The first-order chi connectivity index (χ1) is 24.6. The average Bonchev–Trinajstić information content (AvgIpc) is 3.69. The Morgan fingerprint density at radius 1 is 0.500 bits per heavy atom. The largest absolute Gasteiger partial charge is 0.310 e. The SMILES string of the molecule is N#Cc1ccc(-c2cccc(-c3ccc(-n4c5c(c6cc(C#N)ccc64)CCC=C5)cc3)c2)c(-n2c3ccccc3c3cc(C#N)ccc32)c1. The maximum atomic E-state index is 9.93. The molecule has 6 aromatic carbocycles. The van der Waals surface area contributed by atoms with Crippen LogP contribution in [0.3, 0.4) is 0 Å². The Bertz CT molecular complexity index is 2840. The summed E-state index contributed by atoms with van der Waals surface area (Å²) in [5.74, 6) is 0. The normalized spacial score (nSPS) is 12.1. The molecule has 0 radical (unpaired) electrons. The van der Waals surface area contributed by atoms with Gasteiger partial charge in [-0.1, -0.05) is 60.7 Å². The van der Waals surface area contributed by atoms with Gasteiger partial charge in [0.2, 0.25) is 0 Å². The van der Waals surface area contributed by atoms with Crippen LogP contribution in [0.4, 0.5) is 0 Å².